The van der Waals surface area contributed by atoms with Gasteiger partial charge < -0.3 is 15.0 Å². The van der Waals surface area contributed by atoms with E-state index in [1.807, 2.05) is 60.7 Å². The normalized spacial score (nSPS) is 14.2. The molecule has 1 aliphatic rings. The lowest BCUT2D eigenvalue weighted by molar-refractivity contribution is -0.113. The van der Waals surface area contributed by atoms with Crippen LogP contribution in [0.3, 0.4) is 0 Å². The number of anilines is 2. The maximum atomic E-state index is 12.4. The fraction of sp³-hybridized carbons (Fsp3) is 0.227. The Labute approximate surface area is 173 Å². The molecule has 3 aromatic carbocycles. The van der Waals surface area contributed by atoms with E-state index in [0.29, 0.717) is 10.8 Å². The van der Waals surface area contributed by atoms with Crippen LogP contribution in [-0.4, -0.2) is 38.0 Å². The van der Waals surface area contributed by atoms with Crippen molar-refractivity contribution in [3.05, 3.63) is 65.7 Å². The van der Waals surface area contributed by atoms with Crippen molar-refractivity contribution < 1.29 is 9.53 Å². The van der Waals surface area contributed by atoms with Crippen LogP contribution in [0.2, 0.25) is 5.02 Å². The largest absolute Gasteiger partial charge is 0.378 e. The van der Waals surface area contributed by atoms with Crippen LogP contribution in [0.4, 0.5) is 11.4 Å². The molecule has 0 bridgehead atoms. The molecule has 1 heterocycles. The van der Waals surface area contributed by atoms with Crippen LogP contribution in [0.5, 0.6) is 0 Å². The Kier molecular flexibility index (Phi) is 6.05. The second kappa shape index (κ2) is 8.86. The number of rotatable bonds is 5. The molecule has 0 aromatic heterocycles. The lowest BCUT2D eigenvalue weighted by Crippen LogP contribution is -2.36. The molecule has 6 heteroatoms. The van der Waals surface area contributed by atoms with Crippen LogP contribution in [0.15, 0.2) is 65.6 Å². The molecule has 0 unspecified atom stereocenters. The summed E-state index contributed by atoms with van der Waals surface area (Å²) in [5.74, 6) is 0.295. The molecule has 1 amide bonds. The predicted octanol–water partition coefficient (Wildman–Crippen LogP) is 5.06. The zero-order valence-electron chi connectivity index (χ0n) is 15.4. The van der Waals surface area contributed by atoms with Gasteiger partial charge in [-0.05, 0) is 41.8 Å². The van der Waals surface area contributed by atoms with Crippen molar-refractivity contribution in [1.82, 2.24) is 0 Å². The van der Waals surface area contributed by atoms with Crippen molar-refractivity contribution in [2.45, 2.75) is 4.90 Å². The summed E-state index contributed by atoms with van der Waals surface area (Å²) in [5.41, 5.74) is 1.96. The number of nitrogens with zero attached hydrogens (tertiary/aromatic N) is 1. The number of hydrogen-bond donors (Lipinski definition) is 1. The number of ether oxygens (including phenoxy) is 1. The Morgan fingerprint density at radius 1 is 1.04 bits per heavy atom. The molecule has 0 radical (unpaired) electrons. The van der Waals surface area contributed by atoms with E-state index in [0.717, 1.165) is 53.3 Å². The molecule has 1 aliphatic heterocycles. The number of benzene rings is 3. The fourth-order valence-electron chi connectivity index (χ4n) is 3.30. The predicted molar refractivity (Wildman–Crippen MR) is 118 cm³/mol. The Hall–Kier alpha value is -2.21. The monoisotopic (exact) mass is 412 g/mol. The summed E-state index contributed by atoms with van der Waals surface area (Å²) < 4.78 is 5.39. The first-order chi connectivity index (χ1) is 13.7. The van der Waals surface area contributed by atoms with Crippen LogP contribution in [0.25, 0.3) is 10.8 Å². The second-order valence-corrected chi connectivity index (χ2v) is 8.00. The maximum Gasteiger partial charge on any atom is 0.234 e. The van der Waals surface area contributed by atoms with Gasteiger partial charge in [-0.2, -0.15) is 0 Å². The Bertz CT molecular complexity index is 967. The molecule has 28 heavy (non-hydrogen) atoms. The molecule has 0 saturated carbocycles. The summed E-state index contributed by atoms with van der Waals surface area (Å²) in [6.07, 6.45) is 0. The average Bonchev–Trinajstić information content (AvgIpc) is 2.73. The van der Waals surface area contributed by atoms with E-state index in [-0.39, 0.29) is 5.91 Å². The number of hydrogen-bond acceptors (Lipinski definition) is 4. The number of thioether (sulfide) groups is 1. The van der Waals surface area contributed by atoms with Gasteiger partial charge in [0.25, 0.3) is 0 Å². The zero-order valence-corrected chi connectivity index (χ0v) is 16.9. The quantitative estimate of drug-likeness (QED) is 0.594. The maximum absolute atomic E-state index is 12.4. The van der Waals surface area contributed by atoms with Crippen molar-refractivity contribution in [1.29, 1.82) is 0 Å². The highest BCUT2D eigenvalue weighted by Gasteiger charge is 2.12. The van der Waals surface area contributed by atoms with Crippen molar-refractivity contribution >= 4 is 51.4 Å². The molecule has 0 spiro atoms. The van der Waals surface area contributed by atoms with E-state index in [2.05, 4.69) is 10.2 Å². The van der Waals surface area contributed by atoms with E-state index in [1.165, 1.54) is 11.8 Å². The number of carbonyl (C=O) groups is 1. The first-order valence-electron chi connectivity index (χ1n) is 9.23. The number of nitrogens with one attached hydrogen (secondary N) is 1. The van der Waals surface area contributed by atoms with Crippen molar-refractivity contribution in [2.24, 2.45) is 0 Å². The van der Waals surface area contributed by atoms with E-state index < -0.39 is 0 Å². The number of amides is 1. The summed E-state index contributed by atoms with van der Waals surface area (Å²) in [4.78, 5) is 15.7. The van der Waals surface area contributed by atoms with E-state index >= 15 is 0 Å². The number of morpholine rings is 1. The molecule has 0 aliphatic carbocycles. The highest BCUT2D eigenvalue weighted by atomic mass is 35.5. The van der Waals surface area contributed by atoms with Gasteiger partial charge in [-0.15, -0.1) is 11.8 Å². The smallest absolute Gasteiger partial charge is 0.234 e. The highest BCUT2D eigenvalue weighted by Crippen LogP contribution is 2.33. The summed E-state index contributed by atoms with van der Waals surface area (Å²) >= 11 is 7.86. The summed E-state index contributed by atoms with van der Waals surface area (Å²) in [5, 5.41) is 5.76. The number of halogens is 1. The summed E-state index contributed by atoms with van der Waals surface area (Å²) in [6.45, 7) is 3.31. The molecular formula is C22H21ClN2O2S. The Morgan fingerprint density at radius 3 is 2.50 bits per heavy atom. The molecule has 144 valence electrons. The number of fused-ring (bicyclic) bond motifs is 1. The fourth-order valence-corrected chi connectivity index (χ4v) is 4.55. The lowest BCUT2D eigenvalue weighted by Gasteiger charge is -2.28. The van der Waals surface area contributed by atoms with Crippen molar-refractivity contribution in [3.63, 3.8) is 0 Å². The molecular weight excluding hydrogens is 392 g/mol. The molecule has 0 atom stereocenters. The molecule has 4 nitrogen and oxygen atoms in total. The third-order valence-corrected chi connectivity index (χ3v) is 6.07. The third-order valence-electron chi connectivity index (χ3n) is 4.70. The Morgan fingerprint density at radius 2 is 1.75 bits per heavy atom. The molecule has 3 aromatic rings. The van der Waals surface area contributed by atoms with Crippen LogP contribution < -0.4 is 10.2 Å². The van der Waals surface area contributed by atoms with Gasteiger partial charge in [-0.1, -0.05) is 35.9 Å². The molecule has 1 fully saturated rings. The molecule has 1 N–H and O–H groups in total. The highest BCUT2D eigenvalue weighted by molar-refractivity contribution is 8.00. The van der Waals surface area contributed by atoms with Gasteiger partial charge in [0, 0.05) is 39.8 Å². The van der Waals surface area contributed by atoms with E-state index in [1.54, 1.807) is 0 Å². The first-order valence-corrected chi connectivity index (χ1v) is 10.6. The van der Waals surface area contributed by atoms with Gasteiger partial charge in [0.1, 0.15) is 0 Å². The van der Waals surface area contributed by atoms with Gasteiger partial charge in [0.2, 0.25) is 5.91 Å². The summed E-state index contributed by atoms with van der Waals surface area (Å²) in [6, 6.07) is 19.8. The number of carbonyl (C=O) groups excluding carboxylic acids is 1. The second-order valence-electron chi connectivity index (χ2n) is 6.58. The van der Waals surface area contributed by atoms with Gasteiger partial charge in [0.15, 0.2) is 0 Å². The van der Waals surface area contributed by atoms with Gasteiger partial charge in [-0.3, -0.25) is 4.79 Å². The van der Waals surface area contributed by atoms with Crippen LogP contribution in [-0.2, 0) is 9.53 Å². The molecule has 4 rings (SSSR count). The Balaban J connectivity index is 1.37. The van der Waals surface area contributed by atoms with Gasteiger partial charge >= 0.3 is 0 Å². The minimum atomic E-state index is -0.0341. The van der Waals surface area contributed by atoms with Crippen LogP contribution in [0.1, 0.15) is 0 Å². The van der Waals surface area contributed by atoms with Gasteiger partial charge in [-0.25, -0.2) is 0 Å². The van der Waals surface area contributed by atoms with E-state index in [9.17, 15) is 4.79 Å². The third kappa shape index (κ3) is 4.43. The van der Waals surface area contributed by atoms with Gasteiger partial charge in [0.05, 0.1) is 19.0 Å². The SMILES string of the molecule is O=C(CSc1cccc2cccc(Cl)c12)Nc1ccc(N2CCOCC2)cc1. The lowest BCUT2D eigenvalue weighted by atomic mass is 10.1. The standard InChI is InChI=1S/C22H21ClN2O2S/c23-19-5-1-3-16-4-2-6-20(22(16)19)28-15-21(26)24-17-7-9-18(10-8-17)25-11-13-27-14-12-25/h1-10H,11-15H2,(H,24,26). The molecule has 1 saturated heterocycles. The minimum absolute atomic E-state index is 0.0341. The first kappa shape index (κ1) is 19.1. The van der Waals surface area contributed by atoms with E-state index in [4.69, 9.17) is 16.3 Å². The topological polar surface area (TPSA) is 41.6 Å². The van der Waals surface area contributed by atoms with Crippen molar-refractivity contribution in [3.8, 4) is 0 Å². The van der Waals surface area contributed by atoms with Crippen LogP contribution in [0, 0.1) is 0 Å². The minimum Gasteiger partial charge on any atom is -0.378 e. The average molecular weight is 413 g/mol. The summed E-state index contributed by atoms with van der Waals surface area (Å²) in [7, 11) is 0. The van der Waals surface area contributed by atoms with Crippen LogP contribution >= 0.6 is 23.4 Å². The van der Waals surface area contributed by atoms with Crippen molar-refractivity contribution in [2.75, 3.05) is 42.3 Å². The zero-order chi connectivity index (χ0) is 19.3.